The summed E-state index contributed by atoms with van der Waals surface area (Å²) in [6.07, 6.45) is 5.63. The Labute approximate surface area is 198 Å². The summed E-state index contributed by atoms with van der Waals surface area (Å²) < 4.78 is 0. The highest BCUT2D eigenvalue weighted by Crippen LogP contribution is 2.27. The number of H-pyrrole nitrogens is 1. The molecule has 1 saturated heterocycles. The van der Waals surface area contributed by atoms with Crippen LogP contribution < -0.4 is 4.90 Å². The highest BCUT2D eigenvalue weighted by Gasteiger charge is 2.22. The molecule has 7 nitrogen and oxygen atoms in total. The van der Waals surface area contributed by atoms with E-state index >= 15 is 0 Å². The number of pyridine rings is 1. The van der Waals surface area contributed by atoms with E-state index in [0.717, 1.165) is 48.2 Å². The van der Waals surface area contributed by atoms with Gasteiger partial charge in [0.15, 0.2) is 5.82 Å². The fraction of sp³-hybridized carbons (Fsp3) is 0.259. The predicted molar refractivity (Wildman–Crippen MR) is 133 cm³/mol. The summed E-state index contributed by atoms with van der Waals surface area (Å²) in [5.74, 6) is 0.0829. The molecule has 1 aliphatic heterocycles. The van der Waals surface area contributed by atoms with Gasteiger partial charge in [0.05, 0.1) is 22.7 Å². The Bertz CT molecular complexity index is 1380. The lowest BCUT2D eigenvalue weighted by atomic mass is 9.97. The first-order valence-corrected chi connectivity index (χ1v) is 11.4. The minimum atomic E-state index is -0.209. The Balaban J connectivity index is 1.42. The van der Waals surface area contributed by atoms with Gasteiger partial charge in [-0.3, -0.25) is 9.78 Å². The van der Waals surface area contributed by atoms with Crippen LogP contribution in [0.25, 0.3) is 22.2 Å². The zero-order chi connectivity index (χ0) is 23.7. The number of hydrogen-bond donors (Lipinski definition) is 1. The van der Waals surface area contributed by atoms with Crippen molar-refractivity contribution >= 4 is 22.5 Å². The summed E-state index contributed by atoms with van der Waals surface area (Å²) in [5.41, 5.74) is 5.18. The average molecular weight is 451 g/mol. The molecule has 2 aromatic heterocycles. The molecule has 3 heterocycles. The molecule has 1 fully saturated rings. The van der Waals surface area contributed by atoms with Crippen molar-refractivity contribution < 1.29 is 4.79 Å². The van der Waals surface area contributed by atoms with Gasteiger partial charge in [-0.15, -0.1) is 0 Å². The lowest BCUT2D eigenvalue weighted by molar-refractivity contribution is 0.103. The van der Waals surface area contributed by atoms with Gasteiger partial charge >= 0.3 is 0 Å². The van der Waals surface area contributed by atoms with Crippen LogP contribution in [0.1, 0.15) is 34.6 Å². The van der Waals surface area contributed by atoms with Crippen molar-refractivity contribution in [2.24, 2.45) is 0 Å². The molecule has 5 rings (SSSR count). The van der Waals surface area contributed by atoms with E-state index in [1.165, 1.54) is 0 Å². The smallest absolute Gasteiger partial charge is 0.228 e. The lowest BCUT2D eigenvalue weighted by Crippen LogP contribution is -2.41. The maximum atomic E-state index is 13.3. The van der Waals surface area contributed by atoms with E-state index in [2.05, 4.69) is 57.0 Å². The second kappa shape index (κ2) is 9.08. The fourth-order valence-corrected chi connectivity index (χ4v) is 4.62. The number of nitrogens with one attached hydrogen (secondary N) is 1. The van der Waals surface area contributed by atoms with E-state index in [4.69, 9.17) is 0 Å². The zero-order valence-electron chi connectivity index (χ0n) is 19.3. The molecule has 0 atom stereocenters. The Kier molecular flexibility index (Phi) is 5.83. The number of benzene rings is 2. The van der Waals surface area contributed by atoms with Gasteiger partial charge in [0.2, 0.25) is 5.78 Å². The quantitative estimate of drug-likeness (QED) is 0.457. The largest absolute Gasteiger partial charge is 0.371 e. The van der Waals surface area contributed by atoms with Crippen LogP contribution in [0.15, 0.2) is 60.9 Å². The molecule has 1 aliphatic rings. The number of hydrogen-bond acceptors (Lipinski definition) is 6. The molecule has 4 aromatic rings. The van der Waals surface area contributed by atoms with Gasteiger partial charge in [0, 0.05) is 53.9 Å². The number of nitrogens with zero attached hydrogens (tertiary/aromatic N) is 5. The number of carbonyl (C=O) groups excluding carboxylic acids is 1. The van der Waals surface area contributed by atoms with Crippen molar-refractivity contribution in [3.8, 4) is 17.2 Å². The molecule has 170 valence electrons. The Morgan fingerprint density at radius 3 is 2.68 bits per heavy atom. The van der Waals surface area contributed by atoms with Crippen LogP contribution in [-0.4, -0.2) is 58.9 Å². The van der Waals surface area contributed by atoms with Crippen LogP contribution >= 0.6 is 0 Å². The third kappa shape index (κ3) is 4.16. The second-order valence-corrected chi connectivity index (χ2v) is 8.91. The van der Waals surface area contributed by atoms with Crippen LogP contribution in [0.4, 0.5) is 5.69 Å². The van der Waals surface area contributed by atoms with Gasteiger partial charge in [-0.05, 0) is 69.4 Å². The minimum absolute atomic E-state index is 0.209. The van der Waals surface area contributed by atoms with E-state index < -0.39 is 0 Å². The van der Waals surface area contributed by atoms with Crippen LogP contribution in [-0.2, 0) is 0 Å². The molecule has 7 heteroatoms. The van der Waals surface area contributed by atoms with Crippen molar-refractivity contribution in [3.63, 3.8) is 0 Å². The number of imidazole rings is 1. The Morgan fingerprint density at radius 1 is 1.15 bits per heavy atom. The monoisotopic (exact) mass is 450 g/mol. The van der Waals surface area contributed by atoms with E-state index in [9.17, 15) is 10.1 Å². The van der Waals surface area contributed by atoms with Crippen LogP contribution in [0.3, 0.4) is 0 Å². The van der Waals surface area contributed by atoms with Crippen LogP contribution in [0, 0.1) is 11.3 Å². The molecule has 0 saturated carbocycles. The maximum absolute atomic E-state index is 13.3. The molecule has 0 unspecified atom stereocenters. The number of fused-ring (bicyclic) bond motifs is 1. The molecule has 0 amide bonds. The number of anilines is 1. The molecular formula is C27H26N6O. The normalized spacial score (nSPS) is 14.5. The van der Waals surface area contributed by atoms with Crippen LogP contribution in [0.2, 0.25) is 0 Å². The van der Waals surface area contributed by atoms with E-state index in [-0.39, 0.29) is 5.78 Å². The molecule has 0 aliphatic carbocycles. The Morgan fingerprint density at radius 2 is 1.97 bits per heavy atom. The summed E-state index contributed by atoms with van der Waals surface area (Å²) in [6.45, 7) is 2.01. The summed E-state index contributed by atoms with van der Waals surface area (Å²) in [6, 6.07) is 17.7. The number of aromatic nitrogens is 3. The Hall–Kier alpha value is -4.02. The summed E-state index contributed by atoms with van der Waals surface area (Å²) in [4.78, 5) is 29.9. The van der Waals surface area contributed by atoms with Gasteiger partial charge in [0.1, 0.15) is 0 Å². The van der Waals surface area contributed by atoms with Gasteiger partial charge in [0.25, 0.3) is 0 Å². The van der Waals surface area contributed by atoms with Crippen molar-refractivity contribution in [1.82, 2.24) is 19.9 Å². The number of piperidine rings is 1. The van der Waals surface area contributed by atoms with Gasteiger partial charge < -0.3 is 14.8 Å². The standard InChI is InChI=1S/C27H26N6O/c1-32(2)21-9-12-33(13-10-21)22-7-8-24-25(15-22)31-27(30-24)26(34)18-5-6-19(16-28)23(14-18)20-4-3-11-29-17-20/h3-8,11,14-15,17,21H,9-10,12-13H2,1-2H3,(H,30,31). The summed E-state index contributed by atoms with van der Waals surface area (Å²) in [5, 5.41) is 9.52. The summed E-state index contributed by atoms with van der Waals surface area (Å²) in [7, 11) is 4.28. The first-order chi connectivity index (χ1) is 16.5. The second-order valence-electron chi connectivity index (χ2n) is 8.91. The first kappa shape index (κ1) is 21.8. The summed E-state index contributed by atoms with van der Waals surface area (Å²) >= 11 is 0. The molecule has 0 bridgehead atoms. The highest BCUT2D eigenvalue weighted by molar-refractivity contribution is 6.08. The number of ketones is 1. The number of carbonyl (C=O) groups is 1. The highest BCUT2D eigenvalue weighted by atomic mass is 16.1. The average Bonchev–Trinajstić information content (AvgIpc) is 3.32. The first-order valence-electron chi connectivity index (χ1n) is 11.4. The molecule has 0 spiro atoms. The molecular weight excluding hydrogens is 424 g/mol. The molecule has 1 N–H and O–H groups in total. The van der Waals surface area contributed by atoms with E-state index in [1.807, 2.05) is 18.2 Å². The SMILES string of the molecule is CN(C)C1CCN(c2ccc3[nH]c(C(=O)c4ccc(C#N)c(-c5cccnc5)c4)nc3c2)CC1. The zero-order valence-corrected chi connectivity index (χ0v) is 19.3. The minimum Gasteiger partial charge on any atom is -0.371 e. The predicted octanol–water partition coefficient (Wildman–Crippen LogP) is 4.26. The van der Waals surface area contributed by atoms with Gasteiger partial charge in [-0.25, -0.2) is 4.98 Å². The fourth-order valence-electron chi connectivity index (χ4n) is 4.62. The third-order valence-corrected chi connectivity index (χ3v) is 6.62. The maximum Gasteiger partial charge on any atom is 0.228 e. The van der Waals surface area contributed by atoms with Crippen LogP contribution in [0.5, 0.6) is 0 Å². The number of rotatable bonds is 5. The molecule has 0 radical (unpaired) electrons. The van der Waals surface area contributed by atoms with Crippen molar-refractivity contribution in [1.29, 1.82) is 5.26 Å². The van der Waals surface area contributed by atoms with Crippen molar-refractivity contribution in [2.75, 3.05) is 32.1 Å². The topological polar surface area (TPSA) is 88.9 Å². The van der Waals surface area contributed by atoms with Gasteiger partial charge in [-0.2, -0.15) is 5.26 Å². The lowest BCUT2D eigenvalue weighted by Gasteiger charge is -2.36. The van der Waals surface area contributed by atoms with Gasteiger partial charge in [-0.1, -0.05) is 6.07 Å². The number of nitriles is 1. The van der Waals surface area contributed by atoms with E-state index in [1.54, 1.807) is 30.6 Å². The van der Waals surface area contributed by atoms with Crippen molar-refractivity contribution in [3.05, 3.63) is 77.9 Å². The molecule has 34 heavy (non-hydrogen) atoms. The molecule has 2 aromatic carbocycles. The van der Waals surface area contributed by atoms with E-state index in [0.29, 0.717) is 28.6 Å². The van der Waals surface area contributed by atoms with Crippen molar-refractivity contribution in [2.45, 2.75) is 18.9 Å². The number of aromatic amines is 1. The third-order valence-electron chi connectivity index (χ3n) is 6.62.